The molecule has 0 spiro atoms. The lowest BCUT2D eigenvalue weighted by Gasteiger charge is -2.21. The van der Waals surface area contributed by atoms with Crippen molar-refractivity contribution in [2.45, 2.75) is 51.0 Å². The Kier molecular flexibility index (Phi) is 6.82. The van der Waals surface area contributed by atoms with Gasteiger partial charge in [0, 0.05) is 26.7 Å². The number of hydrogen-bond donors (Lipinski definition) is 2. The third-order valence-corrected chi connectivity index (χ3v) is 4.64. The van der Waals surface area contributed by atoms with Crippen molar-refractivity contribution in [3.05, 3.63) is 17.9 Å². The Bertz CT molecular complexity index is 646. The van der Waals surface area contributed by atoms with E-state index in [4.69, 9.17) is 9.15 Å². The molecule has 0 bridgehead atoms. The summed E-state index contributed by atoms with van der Waals surface area (Å²) in [5.41, 5.74) is -0.538. The van der Waals surface area contributed by atoms with E-state index in [9.17, 15) is 13.2 Å². The fourth-order valence-electron chi connectivity index (χ4n) is 1.67. The fourth-order valence-corrected chi connectivity index (χ4v) is 2.48. The normalized spacial score (nSPS) is 13.8. The summed E-state index contributed by atoms with van der Waals surface area (Å²) in [4.78, 5) is 11.6. The van der Waals surface area contributed by atoms with Crippen molar-refractivity contribution in [3.63, 3.8) is 0 Å². The SMILES string of the molecule is CC(CNC(=O)OC(C)(C)C)NCc1ccc(S(=O)(=O)N(C)C)o1. The van der Waals surface area contributed by atoms with Crippen LogP contribution in [-0.4, -0.2) is 51.1 Å². The fraction of sp³-hybridized carbons (Fsp3) is 0.667. The maximum absolute atomic E-state index is 11.9. The van der Waals surface area contributed by atoms with Gasteiger partial charge in [-0.1, -0.05) is 0 Å². The van der Waals surface area contributed by atoms with Gasteiger partial charge in [-0.2, -0.15) is 0 Å². The van der Waals surface area contributed by atoms with Crippen LogP contribution in [-0.2, 0) is 21.3 Å². The third-order valence-electron chi connectivity index (χ3n) is 2.95. The molecule has 24 heavy (non-hydrogen) atoms. The first-order chi connectivity index (χ1) is 10.9. The van der Waals surface area contributed by atoms with Crippen LogP contribution in [0.1, 0.15) is 33.5 Å². The van der Waals surface area contributed by atoms with Gasteiger partial charge < -0.3 is 19.8 Å². The third kappa shape index (κ3) is 6.50. The predicted octanol–water partition coefficient (Wildman–Crippen LogP) is 1.53. The molecule has 1 unspecified atom stereocenters. The lowest BCUT2D eigenvalue weighted by Crippen LogP contribution is -2.40. The maximum atomic E-state index is 11.9. The van der Waals surface area contributed by atoms with Crippen LogP contribution in [0.15, 0.2) is 21.6 Å². The molecule has 0 fully saturated rings. The van der Waals surface area contributed by atoms with E-state index in [1.165, 1.54) is 20.2 Å². The smallest absolute Gasteiger partial charge is 0.407 e. The second-order valence-corrected chi connectivity index (χ2v) is 8.76. The van der Waals surface area contributed by atoms with Crippen LogP contribution in [0.3, 0.4) is 0 Å². The Balaban J connectivity index is 2.44. The van der Waals surface area contributed by atoms with Crippen molar-refractivity contribution >= 4 is 16.1 Å². The number of carbonyl (C=O) groups excluding carboxylic acids is 1. The average molecular weight is 361 g/mol. The Labute approximate surface area is 143 Å². The van der Waals surface area contributed by atoms with Crippen molar-refractivity contribution in [2.75, 3.05) is 20.6 Å². The Morgan fingerprint density at radius 3 is 2.50 bits per heavy atom. The van der Waals surface area contributed by atoms with Crippen molar-refractivity contribution < 1.29 is 22.4 Å². The highest BCUT2D eigenvalue weighted by molar-refractivity contribution is 7.88. The topological polar surface area (TPSA) is 101 Å². The molecule has 1 aromatic heterocycles. The minimum atomic E-state index is -3.57. The van der Waals surface area contributed by atoms with E-state index in [0.717, 1.165) is 4.31 Å². The number of nitrogens with one attached hydrogen (secondary N) is 2. The second-order valence-electron chi connectivity index (χ2n) is 6.67. The first-order valence-corrected chi connectivity index (χ1v) is 9.07. The molecule has 1 aromatic rings. The number of rotatable bonds is 7. The van der Waals surface area contributed by atoms with Gasteiger partial charge in [0.15, 0.2) is 0 Å². The van der Waals surface area contributed by atoms with Crippen LogP contribution in [0.25, 0.3) is 0 Å². The van der Waals surface area contributed by atoms with Crippen LogP contribution in [0.2, 0.25) is 0 Å². The van der Waals surface area contributed by atoms with E-state index in [2.05, 4.69) is 10.6 Å². The molecule has 0 saturated heterocycles. The molecule has 1 atom stereocenters. The molecule has 0 aromatic carbocycles. The first-order valence-electron chi connectivity index (χ1n) is 7.63. The molecule has 8 nitrogen and oxygen atoms in total. The molecule has 0 aliphatic rings. The molecular weight excluding hydrogens is 334 g/mol. The molecule has 9 heteroatoms. The zero-order valence-corrected chi connectivity index (χ0v) is 15.9. The highest BCUT2D eigenvalue weighted by Gasteiger charge is 2.21. The lowest BCUT2D eigenvalue weighted by molar-refractivity contribution is 0.0523. The van der Waals surface area contributed by atoms with Crippen LogP contribution < -0.4 is 10.6 Å². The molecule has 1 rings (SSSR count). The molecular formula is C15H27N3O5S. The van der Waals surface area contributed by atoms with Gasteiger partial charge in [-0.15, -0.1) is 0 Å². The summed E-state index contributed by atoms with van der Waals surface area (Å²) >= 11 is 0. The minimum absolute atomic E-state index is 0.0449. The highest BCUT2D eigenvalue weighted by Crippen LogP contribution is 2.16. The summed E-state index contributed by atoms with van der Waals surface area (Å²) in [6.45, 7) is 8.00. The molecule has 2 N–H and O–H groups in total. The van der Waals surface area contributed by atoms with E-state index < -0.39 is 21.7 Å². The van der Waals surface area contributed by atoms with Gasteiger partial charge in [-0.25, -0.2) is 17.5 Å². The maximum Gasteiger partial charge on any atom is 0.407 e. The van der Waals surface area contributed by atoms with Crippen LogP contribution in [0, 0.1) is 0 Å². The summed E-state index contributed by atoms with van der Waals surface area (Å²) in [5.74, 6) is 0.500. The summed E-state index contributed by atoms with van der Waals surface area (Å²) in [5, 5.41) is 5.71. The molecule has 0 radical (unpaired) electrons. The molecule has 1 amide bonds. The highest BCUT2D eigenvalue weighted by atomic mass is 32.2. The standard InChI is InChI=1S/C15H27N3O5S/c1-11(9-17-14(19)23-15(2,3)4)16-10-12-7-8-13(22-12)24(20,21)18(5)6/h7-8,11,16H,9-10H2,1-6H3,(H,17,19). The monoisotopic (exact) mass is 361 g/mol. The van der Waals surface area contributed by atoms with Crippen molar-refractivity contribution in [1.29, 1.82) is 0 Å². The van der Waals surface area contributed by atoms with Gasteiger partial charge in [-0.05, 0) is 39.8 Å². The van der Waals surface area contributed by atoms with Gasteiger partial charge >= 0.3 is 6.09 Å². The van der Waals surface area contributed by atoms with Gasteiger partial charge in [0.1, 0.15) is 11.4 Å². The summed E-state index contributed by atoms with van der Waals surface area (Å²) in [6.07, 6.45) is -0.478. The number of furan rings is 1. The molecule has 0 aliphatic carbocycles. The van der Waals surface area contributed by atoms with E-state index in [-0.39, 0.29) is 11.1 Å². The summed E-state index contributed by atoms with van der Waals surface area (Å²) < 4.78 is 35.4. The van der Waals surface area contributed by atoms with E-state index >= 15 is 0 Å². The van der Waals surface area contributed by atoms with Gasteiger partial charge in [-0.3, -0.25) is 0 Å². The zero-order chi connectivity index (χ0) is 18.5. The van der Waals surface area contributed by atoms with Crippen molar-refractivity contribution in [3.8, 4) is 0 Å². The second kappa shape index (κ2) is 8.00. The number of carbonyl (C=O) groups is 1. The van der Waals surface area contributed by atoms with Crippen LogP contribution in [0.5, 0.6) is 0 Å². The Morgan fingerprint density at radius 2 is 1.96 bits per heavy atom. The average Bonchev–Trinajstić information content (AvgIpc) is 2.90. The van der Waals surface area contributed by atoms with E-state index in [0.29, 0.717) is 18.8 Å². The Hall–Kier alpha value is -1.58. The predicted molar refractivity (Wildman–Crippen MR) is 90.1 cm³/mol. The summed E-state index contributed by atoms with van der Waals surface area (Å²) in [7, 11) is -0.679. The van der Waals surface area contributed by atoms with Crippen molar-refractivity contribution in [1.82, 2.24) is 14.9 Å². The number of amides is 1. The molecule has 0 saturated carbocycles. The number of alkyl carbamates (subject to hydrolysis) is 1. The lowest BCUT2D eigenvalue weighted by atomic mass is 10.2. The van der Waals surface area contributed by atoms with Gasteiger partial charge in [0.25, 0.3) is 10.0 Å². The van der Waals surface area contributed by atoms with Crippen LogP contribution in [0.4, 0.5) is 4.79 Å². The van der Waals surface area contributed by atoms with E-state index in [1.807, 2.05) is 6.92 Å². The van der Waals surface area contributed by atoms with Gasteiger partial charge in [0.05, 0.1) is 6.54 Å². The van der Waals surface area contributed by atoms with Crippen molar-refractivity contribution in [2.24, 2.45) is 0 Å². The zero-order valence-electron chi connectivity index (χ0n) is 15.0. The number of hydrogen-bond acceptors (Lipinski definition) is 6. The Morgan fingerprint density at radius 1 is 1.33 bits per heavy atom. The number of ether oxygens (including phenoxy) is 1. The first kappa shape index (κ1) is 20.5. The molecule has 138 valence electrons. The quantitative estimate of drug-likeness (QED) is 0.764. The molecule has 1 heterocycles. The van der Waals surface area contributed by atoms with Gasteiger partial charge in [0.2, 0.25) is 5.09 Å². The summed E-state index contributed by atoms with van der Waals surface area (Å²) in [6, 6.07) is 2.99. The number of sulfonamides is 1. The largest absolute Gasteiger partial charge is 0.447 e. The number of nitrogens with zero attached hydrogens (tertiary/aromatic N) is 1. The van der Waals surface area contributed by atoms with E-state index in [1.54, 1.807) is 26.8 Å². The molecule has 0 aliphatic heterocycles. The minimum Gasteiger partial charge on any atom is -0.447 e. The van der Waals surface area contributed by atoms with Crippen LogP contribution >= 0.6 is 0 Å².